The highest BCUT2D eigenvalue weighted by Crippen LogP contribution is 2.22. The van der Waals surface area contributed by atoms with Gasteiger partial charge in [0.2, 0.25) is 0 Å². The fourth-order valence-corrected chi connectivity index (χ4v) is 2.66. The summed E-state index contributed by atoms with van der Waals surface area (Å²) in [6.07, 6.45) is 1.19. The minimum absolute atomic E-state index is 0.281. The zero-order chi connectivity index (χ0) is 14.3. The van der Waals surface area contributed by atoms with Crippen LogP contribution in [-0.4, -0.2) is 73.4 Å². The molecule has 1 rings (SSSR count). The van der Waals surface area contributed by atoms with Crippen LogP contribution in [0.15, 0.2) is 0 Å². The highest BCUT2D eigenvalue weighted by molar-refractivity contribution is 4.85. The number of hydrogen-bond donors (Lipinski definition) is 2. The van der Waals surface area contributed by atoms with E-state index < -0.39 is 0 Å². The molecule has 0 aliphatic carbocycles. The fourth-order valence-electron chi connectivity index (χ4n) is 2.66. The molecule has 4 nitrogen and oxygen atoms in total. The molecule has 1 aliphatic heterocycles. The normalized spacial score (nSPS) is 20.7. The minimum Gasteiger partial charge on any atom is -0.395 e. The quantitative estimate of drug-likeness (QED) is 0.691. The van der Waals surface area contributed by atoms with Crippen molar-refractivity contribution >= 4 is 0 Å². The molecular weight excluding hydrogens is 238 g/mol. The second-order valence-corrected chi connectivity index (χ2v) is 6.51. The predicted molar refractivity (Wildman–Crippen MR) is 81.5 cm³/mol. The van der Waals surface area contributed by atoms with Crippen molar-refractivity contribution in [3.05, 3.63) is 0 Å². The third-order valence-electron chi connectivity index (χ3n) is 4.38. The van der Waals surface area contributed by atoms with Crippen LogP contribution in [0.2, 0.25) is 0 Å². The van der Waals surface area contributed by atoms with Crippen LogP contribution in [0.5, 0.6) is 0 Å². The second-order valence-electron chi connectivity index (χ2n) is 6.51. The van der Waals surface area contributed by atoms with E-state index in [1.165, 1.54) is 6.42 Å². The van der Waals surface area contributed by atoms with Crippen molar-refractivity contribution in [1.82, 2.24) is 15.1 Å². The van der Waals surface area contributed by atoms with Gasteiger partial charge in [0.15, 0.2) is 0 Å². The van der Waals surface area contributed by atoms with Crippen LogP contribution in [0.4, 0.5) is 0 Å². The Labute approximate surface area is 119 Å². The topological polar surface area (TPSA) is 38.7 Å². The van der Waals surface area contributed by atoms with Crippen molar-refractivity contribution in [2.45, 2.75) is 40.2 Å². The Balaban J connectivity index is 2.33. The Hall–Kier alpha value is -0.160. The average Bonchev–Trinajstić information content (AvgIpc) is 2.38. The van der Waals surface area contributed by atoms with Gasteiger partial charge in [0.25, 0.3) is 0 Å². The first-order valence-corrected chi connectivity index (χ1v) is 7.78. The Morgan fingerprint density at radius 2 is 1.74 bits per heavy atom. The van der Waals surface area contributed by atoms with Crippen molar-refractivity contribution in [3.63, 3.8) is 0 Å². The van der Waals surface area contributed by atoms with Crippen LogP contribution < -0.4 is 5.32 Å². The van der Waals surface area contributed by atoms with E-state index in [-0.39, 0.29) is 6.61 Å². The number of rotatable bonds is 8. The molecule has 0 aromatic carbocycles. The van der Waals surface area contributed by atoms with Crippen molar-refractivity contribution in [2.75, 3.05) is 52.4 Å². The smallest absolute Gasteiger partial charge is 0.0558 e. The zero-order valence-corrected chi connectivity index (χ0v) is 13.3. The van der Waals surface area contributed by atoms with Gasteiger partial charge >= 0.3 is 0 Å². The Morgan fingerprint density at radius 1 is 1.16 bits per heavy atom. The van der Waals surface area contributed by atoms with Crippen LogP contribution in [0.3, 0.4) is 0 Å². The Kier molecular flexibility index (Phi) is 7.29. The maximum atomic E-state index is 8.96. The molecule has 0 aromatic heterocycles. The van der Waals surface area contributed by atoms with Gasteiger partial charge in [0.1, 0.15) is 0 Å². The summed E-state index contributed by atoms with van der Waals surface area (Å²) < 4.78 is 0. The summed E-state index contributed by atoms with van der Waals surface area (Å²) in [5.74, 6) is 0. The van der Waals surface area contributed by atoms with Crippen LogP contribution >= 0.6 is 0 Å². The van der Waals surface area contributed by atoms with Gasteiger partial charge in [-0.2, -0.15) is 0 Å². The number of nitrogens with one attached hydrogen (secondary N) is 1. The van der Waals surface area contributed by atoms with Crippen molar-refractivity contribution in [1.29, 1.82) is 0 Å². The number of aliphatic hydroxyl groups is 1. The van der Waals surface area contributed by atoms with Gasteiger partial charge in [-0.1, -0.05) is 20.8 Å². The van der Waals surface area contributed by atoms with Crippen molar-refractivity contribution < 1.29 is 5.11 Å². The summed E-state index contributed by atoms with van der Waals surface area (Å²) in [5.41, 5.74) is 0.300. The number of β-amino-alcohol motifs (C(OH)–C–C–N with tert-alkyl or cyclic N) is 1. The van der Waals surface area contributed by atoms with Crippen molar-refractivity contribution in [3.8, 4) is 0 Å². The summed E-state index contributed by atoms with van der Waals surface area (Å²) in [5, 5.41) is 12.6. The highest BCUT2D eigenvalue weighted by atomic mass is 16.3. The van der Waals surface area contributed by atoms with Crippen LogP contribution in [0.25, 0.3) is 0 Å². The number of aliphatic hydroxyl groups excluding tert-OH is 1. The van der Waals surface area contributed by atoms with E-state index in [4.69, 9.17) is 5.11 Å². The first kappa shape index (κ1) is 16.9. The van der Waals surface area contributed by atoms with E-state index in [9.17, 15) is 0 Å². The molecule has 1 aliphatic rings. The summed E-state index contributed by atoms with van der Waals surface area (Å²) in [6.45, 7) is 17.0. The molecule has 0 spiro atoms. The fraction of sp³-hybridized carbons (Fsp3) is 1.00. The number of hydrogen-bond acceptors (Lipinski definition) is 4. The van der Waals surface area contributed by atoms with Crippen LogP contribution in [-0.2, 0) is 0 Å². The van der Waals surface area contributed by atoms with Gasteiger partial charge in [0, 0.05) is 45.3 Å². The molecule has 114 valence electrons. The summed E-state index contributed by atoms with van der Waals surface area (Å²) in [4.78, 5) is 4.92. The van der Waals surface area contributed by atoms with E-state index in [0.717, 1.165) is 45.8 Å². The molecule has 4 heteroatoms. The molecule has 0 amide bonds. The molecule has 1 atom stereocenters. The lowest BCUT2D eigenvalue weighted by atomic mass is 9.84. The largest absolute Gasteiger partial charge is 0.395 e. The maximum absolute atomic E-state index is 8.96. The lowest BCUT2D eigenvalue weighted by Crippen LogP contribution is -2.53. The summed E-state index contributed by atoms with van der Waals surface area (Å²) in [7, 11) is 0. The van der Waals surface area contributed by atoms with Gasteiger partial charge in [-0.25, -0.2) is 0 Å². The number of nitrogens with zero attached hydrogens (tertiary/aromatic N) is 2. The molecule has 1 fully saturated rings. The van der Waals surface area contributed by atoms with E-state index in [1.54, 1.807) is 0 Å². The Bertz CT molecular complexity index is 238. The molecule has 1 unspecified atom stereocenters. The number of piperazine rings is 1. The standard InChI is InChI=1S/C15H33N3O/c1-5-6-16-14(2)15(3,4)13-18-9-7-17(8-10-18)11-12-19/h14,16,19H,5-13H2,1-4H3. The highest BCUT2D eigenvalue weighted by Gasteiger charge is 2.29. The first-order valence-electron chi connectivity index (χ1n) is 7.78. The SMILES string of the molecule is CCCNC(C)C(C)(C)CN1CCN(CCO)CC1. The molecule has 1 heterocycles. The third kappa shape index (κ3) is 5.78. The van der Waals surface area contributed by atoms with E-state index >= 15 is 0 Å². The lowest BCUT2D eigenvalue weighted by Gasteiger charge is -2.41. The van der Waals surface area contributed by atoms with Gasteiger partial charge in [-0.3, -0.25) is 4.90 Å². The summed E-state index contributed by atoms with van der Waals surface area (Å²) in [6, 6.07) is 0.544. The molecule has 1 saturated heterocycles. The lowest BCUT2D eigenvalue weighted by molar-refractivity contribution is 0.0744. The summed E-state index contributed by atoms with van der Waals surface area (Å²) >= 11 is 0. The van der Waals surface area contributed by atoms with Gasteiger partial charge < -0.3 is 15.3 Å². The molecule has 0 bridgehead atoms. The Morgan fingerprint density at radius 3 is 2.26 bits per heavy atom. The molecule has 0 radical (unpaired) electrons. The predicted octanol–water partition coefficient (Wildman–Crippen LogP) is 1.01. The third-order valence-corrected chi connectivity index (χ3v) is 4.38. The zero-order valence-electron chi connectivity index (χ0n) is 13.3. The molecule has 0 aromatic rings. The maximum Gasteiger partial charge on any atom is 0.0558 e. The van der Waals surface area contributed by atoms with Crippen LogP contribution in [0.1, 0.15) is 34.1 Å². The van der Waals surface area contributed by atoms with Crippen molar-refractivity contribution in [2.24, 2.45) is 5.41 Å². The minimum atomic E-state index is 0.281. The second kappa shape index (κ2) is 8.20. The van der Waals surface area contributed by atoms with Crippen LogP contribution in [0, 0.1) is 5.41 Å². The molecule has 19 heavy (non-hydrogen) atoms. The molecule has 2 N–H and O–H groups in total. The van der Waals surface area contributed by atoms with E-state index in [1.807, 2.05) is 0 Å². The molecular formula is C15H33N3O. The van der Waals surface area contributed by atoms with E-state index in [2.05, 4.69) is 42.8 Å². The van der Waals surface area contributed by atoms with Gasteiger partial charge in [-0.05, 0) is 25.3 Å². The van der Waals surface area contributed by atoms with Gasteiger partial charge in [0.05, 0.1) is 6.61 Å². The monoisotopic (exact) mass is 271 g/mol. The van der Waals surface area contributed by atoms with Gasteiger partial charge in [-0.15, -0.1) is 0 Å². The van der Waals surface area contributed by atoms with E-state index in [0.29, 0.717) is 11.5 Å². The molecule has 0 saturated carbocycles. The first-order chi connectivity index (χ1) is 8.99. The average molecular weight is 271 g/mol.